The van der Waals surface area contributed by atoms with E-state index < -0.39 is 11.7 Å². The summed E-state index contributed by atoms with van der Waals surface area (Å²) in [7, 11) is 1.74. The van der Waals surface area contributed by atoms with Crippen molar-refractivity contribution in [3.05, 3.63) is 75.1 Å². The van der Waals surface area contributed by atoms with E-state index in [1.54, 1.807) is 18.0 Å². The van der Waals surface area contributed by atoms with Gasteiger partial charge in [-0.05, 0) is 67.2 Å². The van der Waals surface area contributed by atoms with Gasteiger partial charge >= 0.3 is 6.18 Å². The first kappa shape index (κ1) is 25.6. The van der Waals surface area contributed by atoms with Crippen LogP contribution in [0.5, 0.6) is 0 Å². The number of carbonyl (C=O) groups is 2. The Labute approximate surface area is 211 Å². The molecule has 2 aromatic rings. The van der Waals surface area contributed by atoms with E-state index in [9.17, 15) is 22.8 Å². The largest absolute Gasteiger partial charge is 0.416 e. The number of halogens is 4. The topological polar surface area (TPSA) is 49.4 Å². The highest BCUT2D eigenvalue weighted by molar-refractivity contribution is 8.04. The van der Waals surface area contributed by atoms with Crippen molar-refractivity contribution in [1.29, 1.82) is 0 Å². The van der Waals surface area contributed by atoms with Crippen molar-refractivity contribution in [2.75, 3.05) is 13.6 Å². The molecule has 1 saturated carbocycles. The van der Waals surface area contributed by atoms with Gasteiger partial charge in [-0.3, -0.25) is 9.59 Å². The van der Waals surface area contributed by atoms with Crippen molar-refractivity contribution in [3.63, 3.8) is 0 Å². The van der Waals surface area contributed by atoms with Gasteiger partial charge in [-0.15, -0.1) is 11.8 Å². The fourth-order valence-electron chi connectivity index (χ4n) is 4.58. The van der Waals surface area contributed by atoms with Crippen LogP contribution in [0.4, 0.5) is 13.2 Å². The summed E-state index contributed by atoms with van der Waals surface area (Å²) in [6.45, 7) is 0.536. The Kier molecular flexibility index (Phi) is 7.81. The van der Waals surface area contributed by atoms with Crippen molar-refractivity contribution in [3.8, 4) is 0 Å². The number of alkyl halides is 3. The van der Waals surface area contributed by atoms with E-state index in [0.29, 0.717) is 34.9 Å². The number of benzene rings is 2. The van der Waals surface area contributed by atoms with Crippen molar-refractivity contribution >= 4 is 41.3 Å². The average Bonchev–Trinajstić information content (AvgIpc) is 2.83. The van der Waals surface area contributed by atoms with Gasteiger partial charge in [0, 0.05) is 35.8 Å². The Morgan fingerprint density at radius 3 is 2.49 bits per heavy atom. The highest BCUT2D eigenvalue weighted by Gasteiger charge is 2.42. The van der Waals surface area contributed by atoms with Gasteiger partial charge in [0.1, 0.15) is 0 Å². The minimum absolute atomic E-state index is 0.00866. The molecule has 35 heavy (non-hydrogen) atoms. The molecule has 2 aromatic carbocycles. The summed E-state index contributed by atoms with van der Waals surface area (Å²) in [5.74, 6) is -0.313. The van der Waals surface area contributed by atoms with Crippen molar-refractivity contribution in [2.45, 2.75) is 43.2 Å². The first-order chi connectivity index (χ1) is 16.6. The molecule has 1 heterocycles. The molecular weight excluding hydrogens is 497 g/mol. The van der Waals surface area contributed by atoms with E-state index in [2.05, 4.69) is 5.32 Å². The molecule has 1 N–H and O–H groups in total. The summed E-state index contributed by atoms with van der Waals surface area (Å²) in [4.78, 5) is 28.0. The zero-order chi connectivity index (χ0) is 25.2. The molecule has 3 atom stereocenters. The van der Waals surface area contributed by atoms with Crippen LogP contribution in [0, 0.1) is 5.92 Å². The number of hydrogen-bond donors (Lipinski definition) is 1. The summed E-state index contributed by atoms with van der Waals surface area (Å²) < 4.78 is 38.4. The number of hydrogen-bond acceptors (Lipinski definition) is 3. The van der Waals surface area contributed by atoms with Gasteiger partial charge in [0.05, 0.1) is 10.5 Å². The van der Waals surface area contributed by atoms with Gasteiger partial charge in [0.2, 0.25) is 5.91 Å². The lowest BCUT2D eigenvalue weighted by Crippen LogP contribution is -2.52. The normalized spacial score (nSPS) is 23.8. The molecule has 9 heteroatoms. The smallest absolute Gasteiger partial charge is 0.356 e. The molecule has 1 aliphatic carbocycles. The minimum atomic E-state index is -4.39. The molecule has 4 nitrogen and oxygen atoms in total. The highest BCUT2D eigenvalue weighted by Crippen LogP contribution is 2.43. The standard InChI is InChI=1S/C26H26ClF3N2O2S/c1-32-21-15-18(24(33)31-13-12-16-4-9-20(27)10-5-16)6-11-22(21)35-23(25(32)34)14-17-2-7-19(8-3-17)26(28,29)30/h2-5,7-10,14,18,21-22H,6,11-13,15H2,1H3,(H,31,33)/b23-14-. The van der Waals surface area contributed by atoms with E-state index in [0.717, 1.165) is 30.5 Å². The lowest BCUT2D eigenvalue weighted by atomic mass is 9.83. The van der Waals surface area contributed by atoms with E-state index in [4.69, 9.17) is 11.6 Å². The van der Waals surface area contributed by atoms with Gasteiger partial charge in [0.15, 0.2) is 0 Å². The zero-order valence-corrected chi connectivity index (χ0v) is 20.7. The lowest BCUT2D eigenvalue weighted by Gasteiger charge is -2.44. The predicted octanol–water partition coefficient (Wildman–Crippen LogP) is 5.80. The number of nitrogens with zero attached hydrogens (tertiary/aromatic N) is 1. The SMILES string of the molecule is CN1C(=O)/C(=C/c2ccc(C(F)(F)F)cc2)SC2CCC(C(=O)NCCc3ccc(Cl)cc3)CC21. The summed E-state index contributed by atoms with van der Waals surface area (Å²) in [6.07, 6.45) is 0.0854. The third kappa shape index (κ3) is 6.22. The number of amides is 2. The Balaban J connectivity index is 1.34. The van der Waals surface area contributed by atoms with Crippen LogP contribution in [-0.4, -0.2) is 41.6 Å². The molecule has 2 aliphatic rings. The van der Waals surface area contributed by atoms with Gasteiger partial charge in [0.25, 0.3) is 5.91 Å². The number of likely N-dealkylation sites (N-methyl/N-ethyl adjacent to an activating group) is 1. The minimum Gasteiger partial charge on any atom is -0.356 e. The van der Waals surface area contributed by atoms with Crippen molar-refractivity contribution < 1.29 is 22.8 Å². The molecule has 0 spiro atoms. The Hall–Kier alpha value is -2.45. The van der Waals surface area contributed by atoms with Crippen LogP contribution in [0.1, 0.15) is 36.0 Å². The summed E-state index contributed by atoms with van der Waals surface area (Å²) in [6, 6.07) is 12.3. The highest BCUT2D eigenvalue weighted by atomic mass is 35.5. The predicted molar refractivity (Wildman–Crippen MR) is 133 cm³/mol. The summed E-state index contributed by atoms with van der Waals surface area (Å²) in [5.41, 5.74) is 0.929. The van der Waals surface area contributed by atoms with Crippen LogP contribution in [-0.2, 0) is 22.2 Å². The van der Waals surface area contributed by atoms with Gasteiger partial charge in [-0.2, -0.15) is 13.2 Å². The molecule has 0 aromatic heterocycles. The van der Waals surface area contributed by atoms with E-state index >= 15 is 0 Å². The molecule has 1 saturated heterocycles. The number of nitrogens with one attached hydrogen (secondary N) is 1. The molecule has 0 radical (unpaired) electrons. The number of rotatable bonds is 5. The molecular formula is C26H26ClF3N2O2S. The van der Waals surface area contributed by atoms with Crippen LogP contribution in [0.15, 0.2) is 53.4 Å². The number of thioether (sulfide) groups is 1. The number of fused-ring (bicyclic) bond motifs is 1. The second-order valence-corrected chi connectivity index (χ2v) is 10.7. The lowest BCUT2D eigenvalue weighted by molar-refractivity contribution is -0.137. The monoisotopic (exact) mass is 522 g/mol. The third-order valence-electron chi connectivity index (χ3n) is 6.59. The summed E-state index contributed by atoms with van der Waals surface area (Å²) in [5, 5.41) is 3.85. The van der Waals surface area contributed by atoms with Crippen LogP contribution in [0.25, 0.3) is 6.08 Å². The first-order valence-corrected chi connectivity index (χ1v) is 12.7. The maximum Gasteiger partial charge on any atom is 0.416 e. The Morgan fingerprint density at radius 2 is 1.83 bits per heavy atom. The molecule has 0 bridgehead atoms. The Bertz CT molecular complexity index is 1100. The number of carbonyl (C=O) groups excluding carboxylic acids is 2. The quantitative estimate of drug-likeness (QED) is 0.505. The zero-order valence-electron chi connectivity index (χ0n) is 19.1. The van der Waals surface area contributed by atoms with Crippen LogP contribution in [0.3, 0.4) is 0 Å². The van der Waals surface area contributed by atoms with Crippen LogP contribution in [0.2, 0.25) is 5.02 Å². The molecule has 2 amide bonds. The Morgan fingerprint density at radius 1 is 1.14 bits per heavy atom. The molecule has 4 rings (SSSR count). The second kappa shape index (κ2) is 10.7. The second-order valence-electron chi connectivity index (χ2n) is 8.95. The van der Waals surface area contributed by atoms with E-state index in [1.165, 1.54) is 23.9 Å². The maximum atomic E-state index is 13.0. The van der Waals surface area contributed by atoms with Crippen LogP contribution >= 0.6 is 23.4 Å². The maximum absolute atomic E-state index is 13.0. The fourth-order valence-corrected chi connectivity index (χ4v) is 6.19. The molecule has 1 aliphatic heterocycles. The molecule has 2 fully saturated rings. The van der Waals surface area contributed by atoms with Crippen LogP contribution < -0.4 is 5.32 Å². The van der Waals surface area contributed by atoms with E-state index in [-0.39, 0.29) is 29.0 Å². The van der Waals surface area contributed by atoms with Crippen molar-refractivity contribution in [1.82, 2.24) is 10.2 Å². The van der Waals surface area contributed by atoms with Crippen molar-refractivity contribution in [2.24, 2.45) is 5.92 Å². The first-order valence-electron chi connectivity index (χ1n) is 11.5. The van der Waals surface area contributed by atoms with Gasteiger partial charge < -0.3 is 10.2 Å². The average molecular weight is 523 g/mol. The third-order valence-corrected chi connectivity index (χ3v) is 8.25. The summed E-state index contributed by atoms with van der Waals surface area (Å²) >= 11 is 7.37. The van der Waals surface area contributed by atoms with E-state index in [1.807, 2.05) is 24.3 Å². The molecule has 186 valence electrons. The van der Waals surface area contributed by atoms with Gasteiger partial charge in [-0.1, -0.05) is 35.9 Å². The van der Waals surface area contributed by atoms with Gasteiger partial charge in [-0.25, -0.2) is 0 Å². The fraction of sp³-hybridized carbons (Fsp3) is 0.385. The molecule has 3 unspecified atom stereocenters.